The molecule has 0 amide bonds. The third-order valence-electron chi connectivity index (χ3n) is 4.83. The molecular weight excluding hydrogens is 384 g/mol. The largest absolute Gasteiger partial charge is 0.466 e. The van der Waals surface area contributed by atoms with Crippen LogP contribution in [0, 0.1) is 6.92 Å². The molecule has 0 bridgehead atoms. The number of ether oxygens (including phenoxy) is 2. The van der Waals surface area contributed by atoms with Gasteiger partial charge in [0.15, 0.2) is 0 Å². The van der Waals surface area contributed by atoms with Crippen molar-refractivity contribution in [3.05, 3.63) is 83.3 Å². The van der Waals surface area contributed by atoms with Gasteiger partial charge in [0, 0.05) is 5.69 Å². The summed E-state index contributed by atoms with van der Waals surface area (Å²) in [6.07, 6.45) is 0. The van der Waals surface area contributed by atoms with Crippen molar-refractivity contribution in [3.63, 3.8) is 0 Å². The summed E-state index contributed by atoms with van der Waals surface area (Å²) >= 11 is 0. The Morgan fingerprint density at radius 3 is 2.10 bits per heavy atom. The number of hydrogen-bond acceptors (Lipinski definition) is 7. The molecule has 1 aliphatic heterocycles. The number of rotatable bonds is 4. The third kappa shape index (κ3) is 3.12. The first-order valence-corrected chi connectivity index (χ1v) is 9.31. The lowest BCUT2D eigenvalue weighted by Crippen LogP contribution is -2.38. The minimum atomic E-state index is -0.705. The highest BCUT2D eigenvalue weighted by molar-refractivity contribution is 6.06. The summed E-state index contributed by atoms with van der Waals surface area (Å²) in [5.41, 5.74) is 1.57. The number of carbonyl (C=O) groups is 2. The number of esters is 2. The van der Waals surface area contributed by atoms with Gasteiger partial charge in [0.1, 0.15) is 17.6 Å². The smallest absolute Gasteiger partial charge is 0.355 e. The number of nitrogens with zero attached hydrogens (tertiary/aromatic N) is 4. The van der Waals surface area contributed by atoms with Crippen LogP contribution < -0.4 is 4.90 Å². The van der Waals surface area contributed by atoms with Gasteiger partial charge in [0.05, 0.1) is 19.8 Å². The number of para-hydroxylation sites is 1. The van der Waals surface area contributed by atoms with Crippen molar-refractivity contribution in [2.45, 2.75) is 13.0 Å². The van der Waals surface area contributed by atoms with Crippen molar-refractivity contribution in [2.24, 2.45) is 0 Å². The zero-order chi connectivity index (χ0) is 21.3. The summed E-state index contributed by atoms with van der Waals surface area (Å²) in [7, 11) is 2.55. The Balaban J connectivity index is 2.09. The van der Waals surface area contributed by atoms with Crippen LogP contribution in [-0.4, -0.2) is 40.9 Å². The molecule has 1 atom stereocenters. The summed E-state index contributed by atoms with van der Waals surface area (Å²) in [5, 5.41) is 4.54. The second kappa shape index (κ2) is 7.82. The molecule has 1 aromatic heterocycles. The predicted molar refractivity (Wildman–Crippen MR) is 109 cm³/mol. The van der Waals surface area contributed by atoms with Gasteiger partial charge in [-0.15, -0.1) is 0 Å². The molecule has 1 aliphatic rings. The number of anilines is 2. The minimum absolute atomic E-state index is 0.0457. The fourth-order valence-electron chi connectivity index (χ4n) is 3.60. The Morgan fingerprint density at radius 1 is 0.900 bits per heavy atom. The van der Waals surface area contributed by atoms with Gasteiger partial charge in [0.2, 0.25) is 5.95 Å². The first-order valence-electron chi connectivity index (χ1n) is 9.31. The molecule has 0 spiro atoms. The SMILES string of the molecule is COC(=O)C1=C(C(=O)OC)N(c2ccccc2)c2nc(C)nn2C1c1ccccc1. The number of methoxy groups -OCH3 is 2. The van der Waals surface area contributed by atoms with E-state index in [0.29, 0.717) is 17.5 Å². The van der Waals surface area contributed by atoms with Crippen LogP contribution in [0.4, 0.5) is 11.6 Å². The van der Waals surface area contributed by atoms with Crippen LogP contribution in [0.15, 0.2) is 71.9 Å². The van der Waals surface area contributed by atoms with E-state index in [4.69, 9.17) is 9.47 Å². The van der Waals surface area contributed by atoms with E-state index >= 15 is 0 Å². The van der Waals surface area contributed by atoms with Crippen molar-refractivity contribution < 1.29 is 19.1 Å². The molecule has 0 radical (unpaired) electrons. The number of fused-ring (bicyclic) bond motifs is 1. The molecule has 0 N–H and O–H groups in total. The zero-order valence-electron chi connectivity index (χ0n) is 16.8. The highest BCUT2D eigenvalue weighted by Gasteiger charge is 2.43. The second-order valence-electron chi connectivity index (χ2n) is 6.63. The first kappa shape index (κ1) is 19.4. The van der Waals surface area contributed by atoms with E-state index < -0.39 is 18.0 Å². The van der Waals surface area contributed by atoms with E-state index in [1.54, 1.807) is 16.5 Å². The molecule has 30 heavy (non-hydrogen) atoms. The standard InChI is InChI=1S/C22H20N4O4/c1-14-23-22-25(16-12-8-5-9-13-16)19(21(28)30-3)17(20(27)29-2)18(26(22)24-14)15-10-6-4-7-11-15/h4-13,18H,1-3H3. The Bertz CT molecular complexity index is 1040. The third-order valence-corrected chi connectivity index (χ3v) is 4.83. The van der Waals surface area contributed by atoms with E-state index in [1.165, 1.54) is 14.2 Å². The number of carbonyl (C=O) groups excluding carboxylic acids is 2. The van der Waals surface area contributed by atoms with Crippen molar-refractivity contribution in [3.8, 4) is 0 Å². The van der Waals surface area contributed by atoms with Gasteiger partial charge < -0.3 is 9.47 Å². The summed E-state index contributed by atoms with van der Waals surface area (Å²) in [6.45, 7) is 1.76. The zero-order valence-corrected chi connectivity index (χ0v) is 16.8. The van der Waals surface area contributed by atoms with Crippen molar-refractivity contribution in [1.29, 1.82) is 0 Å². The highest BCUT2D eigenvalue weighted by Crippen LogP contribution is 2.42. The monoisotopic (exact) mass is 404 g/mol. The van der Waals surface area contributed by atoms with E-state index in [2.05, 4.69) is 10.1 Å². The maximum Gasteiger partial charge on any atom is 0.355 e. The maximum absolute atomic E-state index is 13.0. The molecule has 2 aromatic carbocycles. The van der Waals surface area contributed by atoms with Crippen LogP contribution in [0.25, 0.3) is 0 Å². The summed E-state index contributed by atoms with van der Waals surface area (Å²) in [4.78, 5) is 32.1. The lowest BCUT2D eigenvalue weighted by Gasteiger charge is -2.35. The number of aryl methyl sites for hydroxylation is 1. The van der Waals surface area contributed by atoms with Gasteiger partial charge in [-0.05, 0) is 24.6 Å². The van der Waals surface area contributed by atoms with Gasteiger partial charge in [-0.3, -0.25) is 4.90 Å². The molecule has 1 unspecified atom stereocenters. The van der Waals surface area contributed by atoms with Gasteiger partial charge in [-0.1, -0.05) is 48.5 Å². The normalized spacial score (nSPS) is 15.6. The fraction of sp³-hybridized carbons (Fsp3) is 0.182. The van der Waals surface area contributed by atoms with E-state index in [1.807, 2.05) is 60.7 Å². The number of aromatic nitrogens is 3. The van der Waals surface area contributed by atoms with Gasteiger partial charge >= 0.3 is 11.9 Å². The van der Waals surface area contributed by atoms with Gasteiger partial charge in [0.25, 0.3) is 0 Å². The summed E-state index contributed by atoms with van der Waals surface area (Å²) in [6, 6.07) is 17.8. The quantitative estimate of drug-likeness (QED) is 0.618. The van der Waals surface area contributed by atoms with Gasteiger partial charge in [-0.25, -0.2) is 14.3 Å². The summed E-state index contributed by atoms with van der Waals surface area (Å²) < 4.78 is 11.8. The molecule has 8 heteroatoms. The van der Waals surface area contributed by atoms with E-state index in [0.717, 1.165) is 5.56 Å². The Labute approximate surface area is 173 Å². The molecule has 8 nitrogen and oxygen atoms in total. The van der Waals surface area contributed by atoms with Crippen LogP contribution in [0.5, 0.6) is 0 Å². The summed E-state index contributed by atoms with van der Waals surface area (Å²) in [5.74, 6) is -0.418. The van der Waals surface area contributed by atoms with Crippen molar-refractivity contribution in [2.75, 3.05) is 19.1 Å². The molecule has 0 saturated heterocycles. The molecule has 4 rings (SSSR count). The number of hydrogen-bond donors (Lipinski definition) is 0. The first-order chi connectivity index (χ1) is 14.6. The van der Waals surface area contributed by atoms with E-state index in [9.17, 15) is 9.59 Å². The lowest BCUT2D eigenvalue weighted by atomic mass is 9.94. The molecule has 0 aliphatic carbocycles. The predicted octanol–water partition coefficient (Wildman–Crippen LogP) is 2.93. The minimum Gasteiger partial charge on any atom is -0.466 e. The van der Waals surface area contributed by atoms with Crippen LogP contribution in [0.2, 0.25) is 0 Å². The molecule has 2 heterocycles. The fourth-order valence-corrected chi connectivity index (χ4v) is 3.60. The average molecular weight is 404 g/mol. The van der Waals surface area contributed by atoms with E-state index in [-0.39, 0.29) is 11.3 Å². The Kier molecular flexibility index (Phi) is 5.05. The molecule has 152 valence electrons. The van der Waals surface area contributed by atoms with Crippen LogP contribution >= 0.6 is 0 Å². The van der Waals surface area contributed by atoms with Crippen LogP contribution in [0.1, 0.15) is 17.4 Å². The maximum atomic E-state index is 13.0. The van der Waals surface area contributed by atoms with Gasteiger partial charge in [-0.2, -0.15) is 10.1 Å². The number of benzene rings is 2. The molecule has 3 aromatic rings. The van der Waals surface area contributed by atoms with Crippen LogP contribution in [-0.2, 0) is 19.1 Å². The molecule has 0 fully saturated rings. The Hall–Kier alpha value is -3.94. The van der Waals surface area contributed by atoms with Crippen molar-refractivity contribution >= 4 is 23.6 Å². The van der Waals surface area contributed by atoms with Crippen LogP contribution in [0.3, 0.4) is 0 Å². The average Bonchev–Trinajstić information content (AvgIpc) is 3.18. The van der Waals surface area contributed by atoms with Crippen molar-refractivity contribution in [1.82, 2.24) is 14.8 Å². The lowest BCUT2D eigenvalue weighted by molar-refractivity contribution is -0.139. The Morgan fingerprint density at radius 2 is 1.50 bits per heavy atom. The topological polar surface area (TPSA) is 86.6 Å². The highest BCUT2D eigenvalue weighted by atomic mass is 16.5. The second-order valence-corrected chi connectivity index (χ2v) is 6.63. The molecular formula is C22H20N4O4. The molecule has 0 saturated carbocycles.